The van der Waals surface area contributed by atoms with Crippen molar-refractivity contribution in [2.45, 2.75) is 32.1 Å². The van der Waals surface area contributed by atoms with Crippen LogP contribution in [0.4, 0.5) is 5.82 Å². The van der Waals surface area contributed by atoms with E-state index in [1.807, 2.05) is 18.3 Å². The van der Waals surface area contributed by atoms with Crippen molar-refractivity contribution in [3.05, 3.63) is 36.5 Å². The Bertz CT molecular complexity index is 764. The highest BCUT2D eigenvalue weighted by Crippen LogP contribution is 2.29. The first kappa shape index (κ1) is 18.2. The zero-order valence-electron chi connectivity index (χ0n) is 14.9. The number of hydrogen-bond donors (Lipinski definition) is 1. The van der Waals surface area contributed by atoms with E-state index in [0.29, 0.717) is 12.3 Å². The van der Waals surface area contributed by atoms with Crippen molar-refractivity contribution >= 4 is 28.5 Å². The van der Waals surface area contributed by atoms with Crippen LogP contribution >= 0.6 is 0 Å². The summed E-state index contributed by atoms with van der Waals surface area (Å²) in [4.78, 5) is 29.1. The van der Waals surface area contributed by atoms with Crippen molar-refractivity contribution in [3.63, 3.8) is 0 Å². The second kappa shape index (κ2) is 8.65. The summed E-state index contributed by atoms with van der Waals surface area (Å²) in [6, 6.07) is 10.4. The molecule has 6 nitrogen and oxygen atoms in total. The van der Waals surface area contributed by atoms with E-state index in [-0.39, 0.29) is 12.6 Å². The van der Waals surface area contributed by atoms with Crippen molar-refractivity contribution in [3.8, 4) is 0 Å². The number of fused-ring (bicyclic) bond motifs is 1. The molecular formula is C20H25N3O3. The Morgan fingerprint density at radius 2 is 1.96 bits per heavy atom. The Balaban J connectivity index is 1.46. The molecule has 1 aliphatic heterocycles. The molecule has 3 rings (SSSR count). The lowest BCUT2D eigenvalue weighted by Crippen LogP contribution is -2.34. The maximum atomic E-state index is 11.5. The van der Waals surface area contributed by atoms with Gasteiger partial charge < -0.3 is 15.4 Å². The number of amides is 1. The molecule has 0 radical (unpaired) electrons. The second-order valence-electron chi connectivity index (χ2n) is 6.81. The first-order chi connectivity index (χ1) is 12.6. The van der Waals surface area contributed by atoms with Crippen LogP contribution in [0.3, 0.4) is 0 Å². The highest BCUT2D eigenvalue weighted by atomic mass is 16.5. The number of pyridine rings is 1. The number of carbonyl (C=O) groups excluding carboxylic acids is 2. The standard InChI is InChI=1S/C20H25N3O3/c21-18(24)14-26-19(25)7-3-4-15-9-12-23(13-10-15)20-17-6-2-1-5-16(17)8-11-22-20/h1-2,5-6,8,11,15H,3-4,7,9-10,12-14H2,(H2,21,24). The van der Waals surface area contributed by atoms with E-state index in [4.69, 9.17) is 10.5 Å². The average Bonchev–Trinajstić information content (AvgIpc) is 2.66. The smallest absolute Gasteiger partial charge is 0.306 e. The molecule has 0 atom stereocenters. The molecule has 0 saturated carbocycles. The van der Waals surface area contributed by atoms with E-state index in [2.05, 4.69) is 28.1 Å². The van der Waals surface area contributed by atoms with Gasteiger partial charge in [0.1, 0.15) is 5.82 Å². The number of primary amides is 1. The van der Waals surface area contributed by atoms with E-state index >= 15 is 0 Å². The molecule has 0 spiro atoms. The van der Waals surface area contributed by atoms with Crippen LogP contribution in [-0.4, -0.2) is 36.6 Å². The van der Waals surface area contributed by atoms with Crippen molar-refractivity contribution < 1.29 is 14.3 Å². The zero-order chi connectivity index (χ0) is 18.4. The normalized spacial score (nSPS) is 15.2. The van der Waals surface area contributed by atoms with Gasteiger partial charge in [0.2, 0.25) is 0 Å². The Hall–Kier alpha value is -2.63. The number of anilines is 1. The van der Waals surface area contributed by atoms with Crippen LogP contribution in [0, 0.1) is 5.92 Å². The molecule has 1 amide bonds. The third-order valence-electron chi connectivity index (χ3n) is 4.94. The highest BCUT2D eigenvalue weighted by molar-refractivity contribution is 5.92. The summed E-state index contributed by atoms with van der Waals surface area (Å²) in [6.45, 7) is 1.64. The first-order valence-electron chi connectivity index (χ1n) is 9.16. The summed E-state index contributed by atoms with van der Waals surface area (Å²) in [6.07, 6.45) is 6.21. The van der Waals surface area contributed by atoms with Gasteiger partial charge in [-0.15, -0.1) is 0 Å². The van der Waals surface area contributed by atoms with Gasteiger partial charge in [0.05, 0.1) is 0 Å². The van der Waals surface area contributed by atoms with Crippen LogP contribution in [0.5, 0.6) is 0 Å². The van der Waals surface area contributed by atoms with Crippen molar-refractivity contribution in [2.24, 2.45) is 11.7 Å². The van der Waals surface area contributed by atoms with E-state index in [0.717, 1.165) is 44.6 Å². The molecule has 2 heterocycles. The number of nitrogens with two attached hydrogens (primary N) is 1. The molecule has 2 N–H and O–H groups in total. The molecule has 0 unspecified atom stereocenters. The molecule has 1 aliphatic rings. The predicted molar refractivity (Wildman–Crippen MR) is 101 cm³/mol. The molecule has 6 heteroatoms. The van der Waals surface area contributed by atoms with E-state index < -0.39 is 5.91 Å². The lowest BCUT2D eigenvalue weighted by molar-refractivity contribution is -0.147. The Morgan fingerprint density at radius 1 is 1.19 bits per heavy atom. The van der Waals surface area contributed by atoms with E-state index in [9.17, 15) is 9.59 Å². The third kappa shape index (κ3) is 4.71. The quantitative estimate of drug-likeness (QED) is 0.772. The van der Waals surface area contributed by atoms with Crippen molar-refractivity contribution in [1.29, 1.82) is 0 Å². The predicted octanol–water partition coefficient (Wildman–Crippen LogP) is 2.65. The fourth-order valence-corrected chi connectivity index (χ4v) is 3.55. The van der Waals surface area contributed by atoms with Gasteiger partial charge in [-0.3, -0.25) is 9.59 Å². The summed E-state index contributed by atoms with van der Waals surface area (Å²) in [5, 5.41) is 2.42. The van der Waals surface area contributed by atoms with Gasteiger partial charge in [0.25, 0.3) is 5.91 Å². The van der Waals surface area contributed by atoms with Gasteiger partial charge in [0, 0.05) is 31.1 Å². The van der Waals surface area contributed by atoms with Crippen LogP contribution in [0.15, 0.2) is 36.5 Å². The minimum Gasteiger partial charge on any atom is -0.456 e. The Kier molecular flexibility index (Phi) is 6.04. The summed E-state index contributed by atoms with van der Waals surface area (Å²) in [5.41, 5.74) is 4.96. The first-order valence-corrected chi connectivity index (χ1v) is 9.16. The fraction of sp³-hybridized carbons (Fsp3) is 0.450. The van der Waals surface area contributed by atoms with E-state index in [1.165, 1.54) is 10.8 Å². The molecule has 26 heavy (non-hydrogen) atoms. The van der Waals surface area contributed by atoms with Crippen molar-refractivity contribution in [1.82, 2.24) is 4.98 Å². The largest absolute Gasteiger partial charge is 0.456 e. The van der Waals surface area contributed by atoms with Crippen molar-refractivity contribution in [2.75, 3.05) is 24.6 Å². The van der Waals surface area contributed by atoms with Gasteiger partial charge in [-0.05, 0) is 43.1 Å². The number of benzene rings is 1. The number of ether oxygens (including phenoxy) is 1. The number of piperidine rings is 1. The van der Waals surface area contributed by atoms with Crippen LogP contribution in [-0.2, 0) is 14.3 Å². The Morgan fingerprint density at radius 3 is 2.73 bits per heavy atom. The molecule has 1 fully saturated rings. The van der Waals surface area contributed by atoms with Crippen LogP contribution < -0.4 is 10.6 Å². The molecule has 1 saturated heterocycles. The summed E-state index contributed by atoms with van der Waals surface area (Å²) >= 11 is 0. The number of aromatic nitrogens is 1. The maximum Gasteiger partial charge on any atom is 0.306 e. The molecule has 2 aromatic rings. The molecule has 1 aromatic heterocycles. The second-order valence-corrected chi connectivity index (χ2v) is 6.81. The van der Waals surface area contributed by atoms with E-state index in [1.54, 1.807) is 0 Å². The lowest BCUT2D eigenvalue weighted by atomic mass is 9.91. The van der Waals surface area contributed by atoms with Gasteiger partial charge >= 0.3 is 5.97 Å². The molecule has 0 bridgehead atoms. The summed E-state index contributed by atoms with van der Waals surface area (Å²) in [7, 11) is 0. The summed E-state index contributed by atoms with van der Waals surface area (Å²) < 4.78 is 4.78. The maximum absolute atomic E-state index is 11.5. The number of esters is 1. The number of nitrogens with zero attached hydrogens (tertiary/aromatic N) is 2. The highest BCUT2D eigenvalue weighted by Gasteiger charge is 2.21. The lowest BCUT2D eigenvalue weighted by Gasteiger charge is -2.33. The number of carbonyl (C=O) groups is 2. The van der Waals surface area contributed by atoms with Gasteiger partial charge in [-0.25, -0.2) is 4.98 Å². The third-order valence-corrected chi connectivity index (χ3v) is 4.94. The number of hydrogen-bond acceptors (Lipinski definition) is 5. The molecule has 1 aromatic carbocycles. The monoisotopic (exact) mass is 355 g/mol. The summed E-state index contributed by atoms with van der Waals surface area (Å²) in [5.74, 6) is 0.718. The molecule has 138 valence electrons. The van der Waals surface area contributed by atoms with Gasteiger partial charge in [0.15, 0.2) is 6.61 Å². The fourth-order valence-electron chi connectivity index (χ4n) is 3.55. The number of rotatable bonds is 7. The Labute approximate surface area is 153 Å². The van der Waals surface area contributed by atoms with Gasteiger partial charge in [-0.1, -0.05) is 24.3 Å². The zero-order valence-corrected chi connectivity index (χ0v) is 14.9. The molecular weight excluding hydrogens is 330 g/mol. The molecule has 0 aliphatic carbocycles. The van der Waals surface area contributed by atoms with Gasteiger partial charge in [-0.2, -0.15) is 0 Å². The van der Waals surface area contributed by atoms with Crippen LogP contribution in [0.2, 0.25) is 0 Å². The topological polar surface area (TPSA) is 85.5 Å². The average molecular weight is 355 g/mol. The SMILES string of the molecule is NC(=O)COC(=O)CCCC1CCN(c2nccc3ccccc23)CC1. The minimum atomic E-state index is -0.618. The van der Waals surface area contributed by atoms with Crippen LogP contribution in [0.25, 0.3) is 10.8 Å². The minimum absolute atomic E-state index is 0.324. The van der Waals surface area contributed by atoms with Crippen LogP contribution in [0.1, 0.15) is 32.1 Å².